The molecule has 30 heavy (non-hydrogen) atoms. The van der Waals surface area contributed by atoms with Crippen LogP contribution in [0.15, 0.2) is 60.9 Å². The van der Waals surface area contributed by atoms with Gasteiger partial charge in [0.15, 0.2) is 5.82 Å². The number of ether oxygens (including phenoxy) is 1. The fourth-order valence-electron chi connectivity index (χ4n) is 3.62. The minimum absolute atomic E-state index is 0.140. The van der Waals surface area contributed by atoms with Crippen molar-refractivity contribution in [2.45, 2.75) is 6.10 Å². The van der Waals surface area contributed by atoms with E-state index in [1.54, 1.807) is 25.6 Å². The lowest BCUT2D eigenvalue weighted by Gasteiger charge is -2.39. The van der Waals surface area contributed by atoms with Crippen molar-refractivity contribution in [2.24, 2.45) is 0 Å². The van der Waals surface area contributed by atoms with E-state index in [2.05, 4.69) is 14.9 Å². The number of aromatic nitrogens is 3. The summed E-state index contributed by atoms with van der Waals surface area (Å²) in [6.45, 7) is 1.40. The summed E-state index contributed by atoms with van der Waals surface area (Å²) in [5.74, 6) is 0.344. The van der Waals surface area contributed by atoms with Crippen LogP contribution in [-0.2, 0) is 4.74 Å². The fourth-order valence-corrected chi connectivity index (χ4v) is 3.62. The predicted octanol–water partition coefficient (Wildman–Crippen LogP) is 4.47. The molecule has 150 valence electrons. The largest absolute Gasteiger partial charge is 0.378 e. The summed E-state index contributed by atoms with van der Waals surface area (Å²) in [5.41, 5.74) is 2.31. The minimum Gasteiger partial charge on any atom is -0.378 e. The molecule has 2 aromatic heterocycles. The molecular weight excluding hydrogens is 386 g/mol. The lowest BCUT2D eigenvalue weighted by molar-refractivity contribution is 0.0785. The van der Waals surface area contributed by atoms with Crippen molar-refractivity contribution in [3.8, 4) is 22.5 Å². The van der Waals surface area contributed by atoms with Crippen LogP contribution in [-0.4, -0.2) is 41.3 Å². The molecule has 0 amide bonds. The van der Waals surface area contributed by atoms with Gasteiger partial charge < -0.3 is 9.64 Å². The lowest BCUT2D eigenvalue weighted by atomic mass is 10.0. The van der Waals surface area contributed by atoms with E-state index in [1.165, 1.54) is 6.07 Å². The Morgan fingerprint density at radius 1 is 1.00 bits per heavy atom. The molecular formula is C23H18F2N4O. The van der Waals surface area contributed by atoms with Crippen molar-refractivity contribution in [3.63, 3.8) is 0 Å². The number of halogens is 2. The summed E-state index contributed by atoms with van der Waals surface area (Å²) in [4.78, 5) is 15.7. The Bertz CT molecular complexity index is 1230. The van der Waals surface area contributed by atoms with E-state index in [4.69, 9.17) is 9.72 Å². The molecule has 0 saturated carbocycles. The first-order valence-corrected chi connectivity index (χ1v) is 9.58. The van der Waals surface area contributed by atoms with Crippen LogP contribution in [0.3, 0.4) is 0 Å². The highest BCUT2D eigenvalue weighted by Gasteiger charge is 2.29. The number of anilines is 1. The molecule has 1 saturated heterocycles. The molecule has 1 aliphatic heterocycles. The third kappa shape index (κ3) is 3.27. The second-order valence-corrected chi connectivity index (χ2v) is 7.23. The van der Waals surface area contributed by atoms with Crippen LogP contribution < -0.4 is 4.90 Å². The van der Waals surface area contributed by atoms with E-state index in [-0.39, 0.29) is 11.7 Å². The Morgan fingerprint density at radius 3 is 2.63 bits per heavy atom. The molecule has 7 heteroatoms. The van der Waals surface area contributed by atoms with Gasteiger partial charge in [0.2, 0.25) is 0 Å². The summed E-state index contributed by atoms with van der Waals surface area (Å²) in [6.07, 6.45) is 3.56. The molecule has 0 atom stereocenters. The Hall–Kier alpha value is -3.45. The minimum atomic E-state index is -0.486. The molecule has 0 aliphatic carbocycles. The van der Waals surface area contributed by atoms with Crippen LogP contribution >= 0.6 is 0 Å². The normalized spacial score (nSPS) is 14.2. The van der Waals surface area contributed by atoms with Gasteiger partial charge in [0.1, 0.15) is 17.5 Å². The first kappa shape index (κ1) is 18.6. The third-order valence-corrected chi connectivity index (χ3v) is 5.32. The SMILES string of the molecule is COC1CN(c2nc(-c3cccnc3)nc3ccc(-c4cc(F)ccc4F)cc23)C1. The van der Waals surface area contributed by atoms with E-state index in [0.717, 1.165) is 34.4 Å². The highest BCUT2D eigenvalue weighted by atomic mass is 19.1. The average molecular weight is 404 g/mol. The summed E-state index contributed by atoms with van der Waals surface area (Å²) >= 11 is 0. The van der Waals surface area contributed by atoms with Gasteiger partial charge in [0.25, 0.3) is 0 Å². The Morgan fingerprint density at radius 2 is 1.87 bits per heavy atom. The molecule has 1 fully saturated rings. The summed E-state index contributed by atoms with van der Waals surface area (Å²) in [5, 5.41) is 0.776. The van der Waals surface area contributed by atoms with Gasteiger partial charge in [0.05, 0.1) is 11.6 Å². The maximum absolute atomic E-state index is 14.3. The van der Waals surface area contributed by atoms with Crippen LogP contribution in [0.2, 0.25) is 0 Å². The predicted molar refractivity (Wildman–Crippen MR) is 111 cm³/mol. The van der Waals surface area contributed by atoms with E-state index >= 15 is 0 Å². The van der Waals surface area contributed by atoms with E-state index in [0.29, 0.717) is 24.5 Å². The standard InChI is InChI=1S/C23H18F2N4O/c1-30-17-12-29(13-17)23-19-9-14(18-10-16(24)5-6-20(18)25)4-7-21(19)27-22(28-23)15-3-2-8-26-11-15/h2-11,17H,12-13H2,1H3. The lowest BCUT2D eigenvalue weighted by Crippen LogP contribution is -2.52. The Labute approximate surface area is 172 Å². The third-order valence-electron chi connectivity index (χ3n) is 5.32. The second kappa shape index (κ2) is 7.42. The molecule has 0 N–H and O–H groups in total. The van der Waals surface area contributed by atoms with Gasteiger partial charge in [-0.25, -0.2) is 18.7 Å². The zero-order valence-corrected chi connectivity index (χ0v) is 16.2. The van der Waals surface area contributed by atoms with Crippen LogP contribution in [0.1, 0.15) is 0 Å². The molecule has 5 nitrogen and oxygen atoms in total. The van der Waals surface area contributed by atoms with Gasteiger partial charge in [0, 0.05) is 49.1 Å². The Kier molecular flexibility index (Phi) is 4.59. The van der Waals surface area contributed by atoms with Crippen molar-refractivity contribution in [3.05, 3.63) is 72.6 Å². The second-order valence-electron chi connectivity index (χ2n) is 7.23. The maximum atomic E-state index is 14.3. The van der Waals surface area contributed by atoms with Gasteiger partial charge in [-0.2, -0.15) is 0 Å². The average Bonchev–Trinajstić information content (AvgIpc) is 2.75. The topological polar surface area (TPSA) is 51.1 Å². The number of pyridine rings is 1. The van der Waals surface area contributed by atoms with Gasteiger partial charge in [-0.15, -0.1) is 0 Å². The molecule has 0 bridgehead atoms. The highest BCUT2D eigenvalue weighted by molar-refractivity contribution is 5.94. The highest BCUT2D eigenvalue weighted by Crippen LogP contribution is 2.34. The van der Waals surface area contributed by atoms with Crippen molar-refractivity contribution in [1.29, 1.82) is 0 Å². The van der Waals surface area contributed by atoms with Crippen molar-refractivity contribution >= 4 is 16.7 Å². The van der Waals surface area contributed by atoms with E-state index in [1.807, 2.05) is 24.3 Å². The number of benzene rings is 2. The van der Waals surface area contributed by atoms with Crippen LogP contribution in [0, 0.1) is 11.6 Å². The molecule has 1 aliphatic rings. The first-order valence-electron chi connectivity index (χ1n) is 9.58. The van der Waals surface area contributed by atoms with Crippen molar-refractivity contribution in [2.75, 3.05) is 25.1 Å². The molecule has 4 aromatic rings. The number of methoxy groups -OCH3 is 1. The summed E-state index contributed by atoms with van der Waals surface area (Å²) < 4.78 is 33.5. The van der Waals surface area contributed by atoms with Gasteiger partial charge in [-0.1, -0.05) is 6.07 Å². The van der Waals surface area contributed by atoms with Gasteiger partial charge in [-0.05, 0) is 48.0 Å². The van der Waals surface area contributed by atoms with Gasteiger partial charge >= 0.3 is 0 Å². The van der Waals surface area contributed by atoms with Gasteiger partial charge in [-0.3, -0.25) is 4.98 Å². The van der Waals surface area contributed by atoms with E-state index < -0.39 is 11.6 Å². The monoisotopic (exact) mass is 404 g/mol. The number of fused-ring (bicyclic) bond motifs is 1. The molecule has 0 spiro atoms. The number of hydrogen-bond donors (Lipinski definition) is 0. The number of nitrogens with zero attached hydrogens (tertiary/aromatic N) is 4. The first-order chi connectivity index (χ1) is 14.6. The number of rotatable bonds is 4. The van der Waals surface area contributed by atoms with Crippen molar-refractivity contribution < 1.29 is 13.5 Å². The zero-order valence-electron chi connectivity index (χ0n) is 16.2. The van der Waals surface area contributed by atoms with Crippen LogP contribution in [0.5, 0.6) is 0 Å². The smallest absolute Gasteiger partial charge is 0.163 e. The molecule has 3 heterocycles. The summed E-state index contributed by atoms with van der Waals surface area (Å²) in [6, 6.07) is 12.6. The number of hydrogen-bond acceptors (Lipinski definition) is 5. The molecule has 2 aromatic carbocycles. The zero-order chi connectivity index (χ0) is 20.7. The summed E-state index contributed by atoms with van der Waals surface area (Å²) in [7, 11) is 1.69. The molecule has 0 unspecified atom stereocenters. The van der Waals surface area contributed by atoms with Crippen molar-refractivity contribution in [1.82, 2.24) is 15.0 Å². The van der Waals surface area contributed by atoms with E-state index in [9.17, 15) is 8.78 Å². The Balaban J connectivity index is 1.68. The quantitative estimate of drug-likeness (QED) is 0.502. The maximum Gasteiger partial charge on any atom is 0.163 e. The molecule has 0 radical (unpaired) electrons. The van der Waals surface area contributed by atoms with Crippen LogP contribution in [0.4, 0.5) is 14.6 Å². The fraction of sp³-hybridized carbons (Fsp3) is 0.174. The van der Waals surface area contributed by atoms with Crippen LogP contribution in [0.25, 0.3) is 33.4 Å². The molecule has 5 rings (SSSR count).